The summed E-state index contributed by atoms with van der Waals surface area (Å²) in [5.74, 6) is 0. The van der Waals surface area contributed by atoms with Crippen LogP contribution in [-0.2, 0) is 0 Å². The smallest absolute Gasteiger partial charge is 0.293 e. The summed E-state index contributed by atoms with van der Waals surface area (Å²) in [4.78, 5) is 12.5. The van der Waals surface area contributed by atoms with Crippen LogP contribution >= 0.6 is 22.6 Å². The van der Waals surface area contributed by atoms with Crippen molar-refractivity contribution in [1.29, 1.82) is 0 Å². The molecule has 0 amide bonds. The summed E-state index contributed by atoms with van der Waals surface area (Å²) in [6.07, 6.45) is 0.608. The van der Waals surface area contributed by atoms with Crippen LogP contribution in [0.2, 0.25) is 0 Å². The van der Waals surface area contributed by atoms with E-state index in [1.165, 1.54) is 0 Å². The van der Waals surface area contributed by atoms with Gasteiger partial charge in [0.1, 0.15) is 5.69 Å². The van der Waals surface area contributed by atoms with Crippen LogP contribution in [0.15, 0.2) is 18.2 Å². The van der Waals surface area contributed by atoms with E-state index < -0.39 is 0 Å². The maximum atomic E-state index is 11.0. The first-order valence-electron chi connectivity index (χ1n) is 5.40. The van der Waals surface area contributed by atoms with Crippen LogP contribution in [0.1, 0.15) is 13.3 Å². The van der Waals surface area contributed by atoms with Crippen molar-refractivity contribution in [2.45, 2.75) is 13.3 Å². The predicted octanol–water partition coefficient (Wildman–Crippen LogP) is 2.41. The van der Waals surface area contributed by atoms with Crippen molar-refractivity contribution in [3.63, 3.8) is 0 Å². The number of hydrogen-bond donors (Lipinski definition) is 1. The van der Waals surface area contributed by atoms with E-state index in [2.05, 4.69) is 22.6 Å². The summed E-state index contributed by atoms with van der Waals surface area (Å²) in [6.45, 7) is 3.34. The fourth-order valence-electron chi connectivity index (χ4n) is 1.62. The van der Waals surface area contributed by atoms with E-state index in [-0.39, 0.29) is 17.2 Å². The molecule has 17 heavy (non-hydrogen) atoms. The van der Waals surface area contributed by atoms with E-state index in [1.807, 2.05) is 17.9 Å². The second-order valence-corrected chi connectivity index (χ2v) is 4.79. The second kappa shape index (κ2) is 6.75. The molecule has 0 heterocycles. The van der Waals surface area contributed by atoms with E-state index in [9.17, 15) is 10.1 Å². The summed E-state index contributed by atoms with van der Waals surface area (Å²) in [5, 5.41) is 19.8. The molecule has 94 valence electrons. The fourth-order valence-corrected chi connectivity index (χ4v) is 2.10. The number of anilines is 1. The third-order valence-corrected chi connectivity index (χ3v) is 3.11. The van der Waals surface area contributed by atoms with Gasteiger partial charge in [-0.15, -0.1) is 0 Å². The van der Waals surface area contributed by atoms with Crippen molar-refractivity contribution in [1.82, 2.24) is 0 Å². The Balaban J connectivity index is 3.05. The molecule has 0 aliphatic carbocycles. The van der Waals surface area contributed by atoms with Crippen molar-refractivity contribution in [2.24, 2.45) is 0 Å². The van der Waals surface area contributed by atoms with Gasteiger partial charge in [-0.2, -0.15) is 0 Å². The molecule has 0 atom stereocenters. The number of nitro benzene ring substituents is 1. The van der Waals surface area contributed by atoms with Gasteiger partial charge in [-0.25, -0.2) is 0 Å². The largest absolute Gasteiger partial charge is 0.396 e. The average Bonchev–Trinajstić information content (AvgIpc) is 2.31. The first-order chi connectivity index (χ1) is 8.10. The molecule has 1 N–H and O–H groups in total. The van der Waals surface area contributed by atoms with Crippen LogP contribution in [0.25, 0.3) is 0 Å². The molecule has 1 aromatic rings. The normalized spacial score (nSPS) is 10.3. The molecule has 0 saturated heterocycles. The molecule has 1 aromatic carbocycles. The zero-order valence-electron chi connectivity index (χ0n) is 9.60. The van der Waals surface area contributed by atoms with Crippen molar-refractivity contribution in [2.75, 3.05) is 24.6 Å². The first-order valence-corrected chi connectivity index (χ1v) is 6.47. The molecule has 0 aliphatic rings. The van der Waals surface area contributed by atoms with Crippen molar-refractivity contribution in [3.05, 3.63) is 31.9 Å². The maximum absolute atomic E-state index is 11.0. The van der Waals surface area contributed by atoms with Crippen LogP contribution in [0.5, 0.6) is 0 Å². The van der Waals surface area contributed by atoms with Gasteiger partial charge >= 0.3 is 0 Å². The Morgan fingerprint density at radius 2 is 2.24 bits per heavy atom. The van der Waals surface area contributed by atoms with Crippen LogP contribution in [-0.4, -0.2) is 29.7 Å². The maximum Gasteiger partial charge on any atom is 0.293 e. The number of hydrogen-bond acceptors (Lipinski definition) is 4. The number of aliphatic hydroxyl groups is 1. The number of nitrogens with zero attached hydrogens (tertiary/aromatic N) is 2. The van der Waals surface area contributed by atoms with Gasteiger partial charge in [0.15, 0.2) is 0 Å². The highest BCUT2D eigenvalue weighted by molar-refractivity contribution is 14.1. The topological polar surface area (TPSA) is 66.6 Å². The SMILES string of the molecule is CCN(CCCO)c1ccc(I)cc1[N+](=O)[O-]. The molecule has 0 unspecified atom stereocenters. The minimum atomic E-state index is -0.362. The summed E-state index contributed by atoms with van der Waals surface area (Å²) < 4.78 is 0.844. The Hall–Kier alpha value is -0.890. The molecule has 0 bridgehead atoms. The van der Waals surface area contributed by atoms with Gasteiger partial charge in [-0.05, 0) is 48.1 Å². The van der Waals surface area contributed by atoms with Gasteiger partial charge < -0.3 is 10.0 Å². The van der Waals surface area contributed by atoms with Crippen LogP contribution < -0.4 is 4.90 Å². The Morgan fingerprint density at radius 3 is 2.76 bits per heavy atom. The minimum Gasteiger partial charge on any atom is -0.396 e. The lowest BCUT2D eigenvalue weighted by Crippen LogP contribution is -2.25. The standard InChI is InChI=1S/C11H15IN2O3/c1-2-13(6-3-7-15)10-5-4-9(12)8-11(10)14(16)17/h4-5,8,15H,2-3,6-7H2,1H3. The van der Waals surface area contributed by atoms with E-state index in [0.717, 1.165) is 3.57 Å². The predicted molar refractivity (Wildman–Crippen MR) is 75.4 cm³/mol. The first kappa shape index (κ1) is 14.2. The average molecular weight is 350 g/mol. The van der Waals surface area contributed by atoms with Gasteiger partial charge in [-0.1, -0.05) is 0 Å². The monoisotopic (exact) mass is 350 g/mol. The van der Waals surface area contributed by atoms with Gasteiger partial charge in [0.05, 0.1) is 4.92 Å². The third-order valence-electron chi connectivity index (χ3n) is 2.44. The third kappa shape index (κ3) is 3.81. The number of benzene rings is 1. The van der Waals surface area contributed by atoms with Gasteiger partial charge in [0.2, 0.25) is 0 Å². The minimum absolute atomic E-state index is 0.0919. The van der Waals surface area contributed by atoms with Crippen molar-refractivity contribution < 1.29 is 10.0 Å². The summed E-state index contributed by atoms with van der Waals surface area (Å²) >= 11 is 2.06. The van der Waals surface area contributed by atoms with E-state index in [1.54, 1.807) is 12.1 Å². The molecule has 0 spiro atoms. The molecule has 0 aromatic heterocycles. The lowest BCUT2D eigenvalue weighted by atomic mass is 10.2. The van der Waals surface area contributed by atoms with Crippen LogP contribution in [0.3, 0.4) is 0 Å². The van der Waals surface area contributed by atoms with E-state index in [0.29, 0.717) is 25.2 Å². The quantitative estimate of drug-likeness (QED) is 0.486. The zero-order chi connectivity index (χ0) is 12.8. The van der Waals surface area contributed by atoms with Crippen LogP contribution in [0, 0.1) is 13.7 Å². The summed E-state index contributed by atoms with van der Waals surface area (Å²) in [7, 11) is 0. The lowest BCUT2D eigenvalue weighted by Gasteiger charge is -2.22. The Kier molecular flexibility index (Phi) is 5.63. The van der Waals surface area contributed by atoms with E-state index in [4.69, 9.17) is 5.11 Å². The molecule has 1 rings (SSSR count). The molecule has 0 saturated carbocycles. The van der Waals surface area contributed by atoms with Crippen LogP contribution in [0.4, 0.5) is 11.4 Å². The molecule has 5 nitrogen and oxygen atoms in total. The number of aliphatic hydroxyl groups excluding tert-OH is 1. The Morgan fingerprint density at radius 1 is 1.53 bits per heavy atom. The highest BCUT2D eigenvalue weighted by Crippen LogP contribution is 2.29. The zero-order valence-corrected chi connectivity index (χ0v) is 11.8. The summed E-state index contributed by atoms with van der Waals surface area (Å²) in [5.41, 5.74) is 0.739. The van der Waals surface area contributed by atoms with Gasteiger partial charge in [-0.3, -0.25) is 10.1 Å². The second-order valence-electron chi connectivity index (χ2n) is 3.55. The van der Waals surface area contributed by atoms with Gasteiger partial charge in [0.25, 0.3) is 5.69 Å². The molecule has 0 radical (unpaired) electrons. The lowest BCUT2D eigenvalue weighted by molar-refractivity contribution is -0.384. The van der Waals surface area contributed by atoms with E-state index >= 15 is 0 Å². The number of nitro groups is 1. The number of rotatable bonds is 6. The molecular weight excluding hydrogens is 335 g/mol. The Bertz CT molecular complexity index is 398. The number of halogens is 1. The molecule has 0 fully saturated rings. The molecular formula is C11H15IN2O3. The fraction of sp³-hybridized carbons (Fsp3) is 0.455. The molecule has 6 heteroatoms. The Labute approximate surface area is 114 Å². The van der Waals surface area contributed by atoms with Gasteiger partial charge in [0, 0.05) is 29.3 Å². The highest BCUT2D eigenvalue weighted by Gasteiger charge is 2.18. The highest BCUT2D eigenvalue weighted by atomic mass is 127. The summed E-state index contributed by atoms with van der Waals surface area (Å²) in [6, 6.07) is 5.18. The van der Waals surface area contributed by atoms with Crippen molar-refractivity contribution in [3.8, 4) is 0 Å². The molecule has 0 aliphatic heterocycles. The van der Waals surface area contributed by atoms with Crippen molar-refractivity contribution >= 4 is 34.0 Å².